The van der Waals surface area contributed by atoms with E-state index in [1.54, 1.807) is 6.92 Å². The fraction of sp³-hybridized carbons (Fsp3) is 0.600. The molecule has 0 rings (SSSR count). The number of carbonyl (C=O) groups excluding carboxylic acids is 1. The molecule has 0 N–H and O–H groups in total. The van der Waals surface area contributed by atoms with Gasteiger partial charge in [-0.1, -0.05) is 20.8 Å². The zero-order valence-corrected chi connectivity index (χ0v) is 8.76. The Morgan fingerprint density at radius 1 is 1.38 bits per heavy atom. The van der Waals surface area contributed by atoms with Crippen LogP contribution in [0.5, 0.6) is 0 Å². The molecule has 0 saturated heterocycles. The van der Waals surface area contributed by atoms with Crippen molar-refractivity contribution in [3.05, 3.63) is 11.1 Å². The van der Waals surface area contributed by atoms with E-state index in [4.69, 9.17) is 5.26 Å². The van der Waals surface area contributed by atoms with Crippen molar-refractivity contribution in [3.63, 3.8) is 0 Å². The van der Waals surface area contributed by atoms with E-state index in [1.807, 2.05) is 26.8 Å². The average molecular weight is 181 g/mol. The Kier molecular flexibility index (Phi) is 3.68. The Balaban J connectivity index is 5.18. The van der Waals surface area contributed by atoms with Gasteiger partial charge in [-0.25, -0.2) is 4.79 Å². The molecule has 0 aliphatic heterocycles. The number of nitrogens with zero attached hydrogens (tertiary/aromatic N) is 1. The summed E-state index contributed by atoms with van der Waals surface area (Å²) in [5, 5.41) is 8.75. The van der Waals surface area contributed by atoms with Crippen molar-refractivity contribution in [2.45, 2.75) is 27.7 Å². The lowest BCUT2D eigenvalue weighted by atomic mass is 9.85. The van der Waals surface area contributed by atoms with Gasteiger partial charge in [0.15, 0.2) is 0 Å². The van der Waals surface area contributed by atoms with E-state index in [2.05, 4.69) is 4.74 Å². The summed E-state index contributed by atoms with van der Waals surface area (Å²) in [5.41, 5.74) is 0.677. The van der Waals surface area contributed by atoms with Gasteiger partial charge in [-0.3, -0.25) is 0 Å². The summed E-state index contributed by atoms with van der Waals surface area (Å²) in [7, 11) is 1.27. The molecule has 0 aliphatic rings. The van der Waals surface area contributed by atoms with Crippen LogP contribution >= 0.6 is 0 Å². The molecule has 0 unspecified atom stereocenters. The van der Waals surface area contributed by atoms with Crippen molar-refractivity contribution in [1.82, 2.24) is 0 Å². The molecule has 0 bridgehead atoms. The smallest absolute Gasteiger partial charge is 0.348 e. The van der Waals surface area contributed by atoms with Crippen molar-refractivity contribution >= 4 is 5.97 Å². The highest BCUT2D eigenvalue weighted by Crippen LogP contribution is 2.27. The fourth-order valence-electron chi connectivity index (χ4n) is 0.760. The minimum Gasteiger partial charge on any atom is -0.465 e. The largest absolute Gasteiger partial charge is 0.465 e. The van der Waals surface area contributed by atoms with Gasteiger partial charge in [-0.2, -0.15) is 5.26 Å². The number of methoxy groups -OCH3 is 1. The predicted molar refractivity (Wildman–Crippen MR) is 49.8 cm³/mol. The maximum absolute atomic E-state index is 11.1. The highest BCUT2D eigenvalue weighted by atomic mass is 16.5. The van der Waals surface area contributed by atoms with Crippen molar-refractivity contribution in [3.8, 4) is 6.07 Å². The third-order valence-electron chi connectivity index (χ3n) is 2.00. The molecule has 0 amide bonds. The average Bonchev–Trinajstić information content (AvgIpc) is 2.03. The molecular formula is C10H15NO2. The van der Waals surface area contributed by atoms with E-state index in [-0.39, 0.29) is 11.0 Å². The second-order valence-corrected chi connectivity index (χ2v) is 3.85. The first-order chi connectivity index (χ1) is 5.84. The third kappa shape index (κ3) is 2.90. The van der Waals surface area contributed by atoms with Gasteiger partial charge < -0.3 is 4.74 Å². The summed E-state index contributed by atoms with van der Waals surface area (Å²) >= 11 is 0. The zero-order valence-electron chi connectivity index (χ0n) is 8.76. The van der Waals surface area contributed by atoms with Gasteiger partial charge in [-0.05, 0) is 17.9 Å². The normalized spacial score (nSPS) is 12.9. The molecule has 0 aromatic rings. The molecule has 13 heavy (non-hydrogen) atoms. The second-order valence-electron chi connectivity index (χ2n) is 3.85. The van der Waals surface area contributed by atoms with Crippen molar-refractivity contribution in [1.29, 1.82) is 5.26 Å². The standard InChI is InChI=1S/C10H15NO2/c1-7(10(2,3)4)8(6-11)9(12)13-5/h1-5H3/b8-7+. The number of esters is 1. The topological polar surface area (TPSA) is 50.1 Å². The van der Waals surface area contributed by atoms with Crippen molar-refractivity contribution in [2.24, 2.45) is 5.41 Å². The van der Waals surface area contributed by atoms with Crippen LogP contribution in [-0.2, 0) is 9.53 Å². The van der Waals surface area contributed by atoms with E-state index in [0.29, 0.717) is 0 Å². The summed E-state index contributed by atoms with van der Waals surface area (Å²) in [5.74, 6) is -0.560. The van der Waals surface area contributed by atoms with Gasteiger partial charge in [0, 0.05) is 0 Å². The molecule has 3 nitrogen and oxygen atoms in total. The highest BCUT2D eigenvalue weighted by Gasteiger charge is 2.21. The summed E-state index contributed by atoms with van der Waals surface area (Å²) in [4.78, 5) is 11.1. The Morgan fingerprint density at radius 2 is 1.85 bits per heavy atom. The minimum atomic E-state index is -0.560. The number of rotatable bonds is 1. The van der Waals surface area contributed by atoms with Gasteiger partial charge in [0.25, 0.3) is 0 Å². The zero-order chi connectivity index (χ0) is 10.6. The fourth-order valence-corrected chi connectivity index (χ4v) is 0.760. The van der Waals surface area contributed by atoms with Gasteiger partial charge in [0.2, 0.25) is 0 Å². The van der Waals surface area contributed by atoms with Crippen molar-refractivity contribution in [2.75, 3.05) is 7.11 Å². The molecular weight excluding hydrogens is 166 g/mol. The first kappa shape index (κ1) is 11.7. The number of ether oxygens (including phenoxy) is 1. The molecule has 0 aliphatic carbocycles. The Labute approximate surface area is 79.0 Å². The van der Waals surface area contributed by atoms with Crippen LogP contribution in [0.1, 0.15) is 27.7 Å². The van der Waals surface area contributed by atoms with E-state index < -0.39 is 5.97 Å². The molecule has 0 fully saturated rings. The highest BCUT2D eigenvalue weighted by molar-refractivity contribution is 5.93. The summed E-state index contributed by atoms with van der Waals surface area (Å²) in [6.07, 6.45) is 0. The minimum absolute atomic E-state index is 0.106. The maximum Gasteiger partial charge on any atom is 0.348 e. The van der Waals surface area contributed by atoms with Crippen LogP contribution in [0.2, 0.25) is 0 Å². The molecule has 0 aromatic heterocycles. The molecule has 0 saturated carbocycles. The molecule has 0 heterocycles. The quantitative estimate of drug-likeness (QED) is 0.353. The van der Waals surface area contributed by atoms with E-state index in [1.165, 1.54) is 7.11 Å². The monoisotopic (exact) mass is 181 g/mol. The first-order valence-corrected chi connectivity index (χ1v) is 4.04. The number of carbonyl (C=O) groups is 1. The molecule has 0 radical (unpaired) electrons. The summed E-state index contributed by atoms with van der Waals surface area (Å²) < 4.78 is 4.50. The van der Waals surface area contributed by atoms with Crippen LogP contribution in [0.25, 0.3) is 0 Å². The van der Waals surface area contributed by atoms with Crippen LogP contribution in [0.3, 0.4) is 0 Å². The van der Waals surface area contributed by atoms with Gasteiger partial charge in [0.05, 0.1) is 7.11 Å². The molecule has 0 atom stereocenters. The van der Waals surface area contributed by atoms with Gasteiger partial charge >= 0.3 is 5.97 Å². The van der Waals surface area contributed by atoms with Crippen LogP contribution in [0.15, 0.2) is 11.1 Å². The molecule has 0 spiro atoms. The lowest BCUT2D eigenvalue weighted by Crippen LogP contribution is -2.14. The molecule has 3 heteroatoms. The maximum atomic E-state index is 11.1. The van der Waals surface area contributed by atoms with Crippen molar-refractivity contribution < 1.29 is 9.53 Å². The Hall–Kier alpha value is -1.30. The van der Waals surface area contributed by atoms with E-state index in [0.717, 1.165) is 5.57 Å². The molecule has 72 valence electrons. The van der Waals surface area contributed by atoms with Gasteiger partial charge in [0.1, 0.15) is 11.6 Å². The predicted octanol–water partition coefficient (Wildman–Crippen LogP) is 2.05. The Bertz CT molecular complexity index is 276. The SMILES string of the molecule is COC(=O)/C(C#N)=C(\C)C(C)(C)C. The number of nitriles is 1. The Morgan fingerprint density at radius 3 is 2.08 bits per heavy atom. The number of hydrogen-bond donors (Lipinski definition) is 0. The number of allylic oxidation sites excluding steroid dienone is 1. The summed E-state index contributed by atoms with van der Waals surface area (Å²) in [6.45, 7) is 7.61. The van der Waals surface area contributed by atoms with Gasteiger partial charge in [-0.15, -0.1) is 0 Å². The van der Waals surface area contributed by atoms with Crippen LogP contribution in [-0.4, -0.2) is 13.1 Å². The van der Waals surface area contributed by atoms with Crippen LogP contribution in [0, 0.1) is 16.7 Å². The van der Waals surface area contributed by atoms with E-state index in [9.17, 15) is 4.79 Å². The molecule has 0 aromatic carbocycles. The third-order valence-corrected chi connectivity index (χ3v) is 2.00. The van der Waals surface area contributed by atoms with E-state index >= 15 is 0 Å². The first-order valence-electron chi connectivity index (χ1n) is 4.04. The second kappa shape index (κ2) is 4.08. The van der Waals surface area contributed by atoms with Crippen LogP contribution in [0.4, 0.5) is 0 Å². The number of hydrogen-bond acceptors (Lipinski definition) is 3. The summed E-state index contributed by atoms with van der Waals surface area (Å²) in [6, 6.07) is 1.86. The lowest BCUT2D eigenvalue weighted by Gasteiger charge is -2.20. The lowest BCUT2D eigenvalue weighted by molar-refractivity contribution is -0.135. The van der Waals surface area contributed by atoms with Crippen LogP contribution < -0.4 is 0 Å².